The number of carbonyl (C=O) groups excluding carboxylic acids is 3. The molecule has 0 saturated carbocycles. The van der Waals surface area contributed by atoms with Crippen molar-refractivity contribution in [2.75, 3.05) is 19.0 Å². The van der Waals surface area contributed by atoms with Crippen molar-refractivity contribution >= 4 is 23.5 Å². The minimum atomic E-state index is -0.597. The van der Waals surface area contributed by atoms with Crippen LogP contribution in [0.5, 0.6) is 5.75 Å². The summed E-state index contributed by atoms with van der Waals surface area (Å²) in [5, 5.41) is 5.13. The summed E-state index contributed by atoms with van der Waals surface area (Å²) in [6, 6.07) is 22.6. The Morgan fingerprint density at radius 3 is 2.10 bits per heavy atom. The van der Waals surface area contributed by atoms with E-state index in [1.807, 2.05) is 30.3 Å². The molecule has 0 aliphatic rings. The molecule has 3 rings (SSSR count). The van der Waals surface area contributed by atoms with Crippen LogP contribution in [0.15, 0.2) is 78.9 Å². The van der Waals surface area contributed by atoms with Gasteiger partial charge in [0, 0.05) is 18.3 Å². The Morgan fingerprint density at radius 2 is 1.45 bits per heavy atom. The Hall–Kier alpha value is -4.13. The van der Waals surface area contributed by atoms with E-state index in [1.165, 1.54) is 0 Å². The van der Waals surface area contributed by atoms with E-state index in [0.29, 0.717) is 23.4 Å². The standard InChI is InChI=1S/C24H22N2O5/c1-25-23(28)18-11-13-20(14-12-18)26-22(27)16-31-24(29)19-9-7-17(8-10-19)15-30-21-5-3-2-4-6-21/h2-14H,15-16H2,1H3,(H,25,28)(H,26,27). The lowest BCUT2D eigenvalue weighted by Gasteiger charge is -2.08. The Labute approximate surface area is 180 Å². The minimum Gasteiger partial charge on any atom is -0.489 e. The van der Waals surface area contributed by atoms with Gasteiger partial charge in [-0.2, -0.15) is 0 Å². The smallest absolute Gasteiger partial charge is 0.338 e. The van der Waals surface area contributed by atoms with E-state index in [-0.39, 0.29) is 5.91 Å². The fraction of sp³-hybridized carbons (Fsp3) is 0.125. The number of hydrogen-bond donors (Lipinski definition) is 2. The van der Waals surface area contributed by atoms with Gasteiger partial charge < -0.3 is 20.1 Å². The fourth-order valence-corrected chi connectivity index (χ4v) is 2.68. The first-order valence-corrected chi connectivity index (χ1v) is 9.61. The summed E-state index contributed by atoms with van der Waals surface area (Å²) in [6.45, 7) is -0.0463. The molecule has 0 aliphatic carbocycles. The number of benzene rings is 3. The number of anilines is 1. The quantitative estimate of drug-likeness (QED) is 0.547. The molecule has 7 nitrogen and oxygen atoms in total. The number of amides is 2. The summed E-state index contributed by atoms with van der Waals surface area (Å²) in [6.07, 6.45) is 0. The van der Waals surface area contributed by atoms with Crippen LogP contribution < -0.4 is 15.4 Å². The first-order chi connectivity index (χ1) is 15.0. The molecule has 0 spiro atoms. The second-order valence-corrected chi connectivity index (χ2v) is 6.58. The zero-order valence-corrected chi connectivity index (χ0v) is 17.0. The summed E-state index contributed by atoms with van der Waals surface area (Å²) in [7, 11) is 1.54. The van der Waals surface area contributed by atoms with Crippen LogP contribution in [0.3, 0.4) is 0 Å². The Balaban J connectivity index is 1.45. The Morgan fingerprint density at radius 1 is 0.806 bits per heavy atom. The second-order valence-electron chi connectivity index (χ2n) is 6.58. The van der Waals surface area contributed by atoms with Crippen molar-refractivity contribution in [3.63, 3.8) is 0 Å². The zero-order valence-electron chi connectivity index (χ0n) is 17.0. The number of esters is 1. The minimum absolute atomic E-state index is 0.218. The van der Waals surface area contributed by atoms with Crippen LogP contribution in [-0.2, 0) is 16.1 Å². The van der Waals surface area contributed by atoms with Crippen molar-refractivity contribution in [3.05, 3.63) is 95.6 Å². The molecular weight excluding hydrogens is 396 g/mol. The van der Waals surface area contributed by atoms with Gasteiger partial charge in [-0.05, 0) is 54.1 Å². The number of carbonyl (C=O) groups is 3. The van der Waals surface area contributed by atoms with Gasteiger partial charge in [-0.3, -0.25) is 9.59 Å². The number of nitrogens with one attached hydrogen (secondary N) is 2. The molecule has 7 heteroatoms. The first-order valence-electron chi connectivity index (χ1n) is 9.61. The molecular formula is C24H22N2O5. The second kappa shape index (κ2) is 10.6. The molecule has 0 heterocycles. The molecule has 3 aromatic rings. The third-order valence-electron chi connectivity index (χ3n) is 4.33. The highest BCUT2D eigenvalue weighted by Crippen LogP contribution is 2.13. The molecule has 0 atom stereocenters. The lowest BCUT2D eigenvalue weighted by Crippen LogP contribution is -2.21. The summed E-state index contributed by atoms with van der Waals surface area (Å²) in [4.78, 5) is 35.7. The fourth-order valence-electron chi connectivity index (χ4n) is 2.68. The number of rotatable bonds is 8. The van der Waals surface area contributed by atoms with E-state index >= 15 is 0 Å². The summed E-state index contributed by atoms with van der Waals surface area (Å²) >= 11 is 0. The third-order valence-corrected chi connectivity index (χ3v) is 4.33. The van der Waals surface area contributed by atoms with E-state index < -0.39 is 18.5 Å². The normalized spacial score (nSPS) is 10.1. The summed E-state index contributed by atoms with van der Waals surface area (Å²) in [5.41, 5.74) is 2.21. The maximum atomic E-state index is 12.2. The van der Waals surface area contributed by atoms with Crippen molar-refractivity contribution in [3.8, 4) is 5.75 Å². The Bertz CT molecular complexity index is 1030. The largest absolute Gasteiger partial charge is 0.489 e. The van der Waals surface area contributed by atoms with Crippen molar-refractivity contribution in [2.45, 2.75) is 6.61 Å². The van der Waals surface area contributed by atoms with Crippen LogP contribution in [0.1, 0.15) is 26.3 Å². The molecule has 0 unspecified atom stereocenters. The maximum Gasteiger partial charge on any atom is 0.338 e. The average molecular weight is 418 g/mol. The van der Waals surface area contributed by atoms with E-state index in [9.17, 15) is 14.4 Å². The van der Waals surface area contributed by atoms with Gasteiger partial charge in [0.15, 0.2) is 6.61 Å². The monoisotopic (exact) mass is 418 g/mol. The molecule has 0 saturated heterocycles. The van der Waals surface area contributed by atoms with Crippen LogP contribution in [0.25, 0.3) is 0 Å². The van der Waals surface area contributed by atoms with E-state index in [2.05, 4.69) is 10.6 Å². The van der Waals surface area contributed by atoms with Crippen LogP contribution in [0.4, 0.5) is 5.69 Å². The molecule has 2 N–H and O–H groups in total. The molecule has 31 heavy (non-hydrogen) atoms. The lowest BCUT2D eigenvalue weighted by atomic mass is 10.1. The van der Waals surface area contributed by atoms with Gasteiger partial charge in [0.25, 0.3) is 11.8 Å². The molecule has 0 aromatic heterocycles. The lowest BCUT2D eigenvalue weighted by molar-refractivity contribution is -0.119. The average Bonchev–Trinajstić information content (AvgIpc) is 2.82. The topological polar surface area (TPSA) is 93.7 Å². The van der Waals surface area contributed by atoms with Gasteiger partial charge in [0.2, 0.25) is 0 Å². The molecule has 2 amide bonds. The third kappa shape index (κ3) is 6.43. The van der Waals surface area contributed by atoms with Gasteiger partial charge in [-0.25, -0.2) is 4.79 Å². The van der Waals surface area contributed by atoms with Gasteiger partial charge in [-0.15, -0.1) is 0 Å². The molecule has 3 aromatic carbocycles. The Kier molecular flexibility index (Phi) is 7.37. The van der Waals surface area contributed by atoms with Gasteiger partial charge >= 0.3 is 5.97 Å². The predicted molar refractivity (Wildman–Crippen MR) is 116 cm³/mol. The van der Waals surface area contributed by atoms with Crippen LogP contribution >= 0.6 is 0 Å². The molecule has 0 bridgehead atoms. The SMILES string of the molecule is CNC(=O)c1ccc(NC(=O)COC(=O)c2ccc(COc3ccccc3)cc2)cc1. The van der Waals surface area contributed by atoms with Gasteiger partial charge in [0.1, 0.15) is 12.4 Å². The maximum absolute atomic E-state index is 12.2. The highest BCUT2D eigenvalue weighted by molar-refractivity contribution is 5.97. The molecule has 0 aliphatic heterocycles. The number of hydrogen-bond acceptors (Lipinski definition) is 5. The van der Waals surface area contributed by atoms with Crippen molar-refractivity contribution < 1.29 is 23.9 Å². The highest BCUT2D eigenvalue weighted by atomic mass is 16.5. The first kappa shape index (κ1) is 21.6. The molecule has 0 radical (unpaired) electrons. The van der Waals surface area contributed by atoms with Crippen molar-refractivity contribution in [1.29, 1.82) is 0 Å². The van der Waals surface area contributed by atoms with Crippen LogP contribution in [-0.4, -0.2) is 31.4 Å². The van der Waals surface area contributed by atoms with E-state index in [0.717, 1.165) is 11.3 Å². The van der Waals surface area contributed by atoms with Crippen molar-refractivity contribution in [1.82, 2.24) is 5.32 Å². The number of ether oxygens (including phenoxy) is 2. The van der Waals surface area contributed by atoms with Crippen molar-refractivity contribution in [2.24, 2.45) is 0 Å². The van der Waals surface area contributed by atoms with Gasteiger partial charge in [0.05, 0.1) is 5.56 Å². The van der Waals surface area contributed by atoms with Crippen LogP contribution in [0, 0.1) is 0 Å². The predicted octanol–water partition coefficient (Wildman–Crippen LogP) is 3.42. The zero-order chi connectivity index (χ0) is 22.1. The number of para-hydroxylation sites is 1. The van der Waals surface area contributed by atoms with E-state index in [4.69, 9.17) is 9.47 Å². The summed E-state index contributed by atoms with van der Waals surface area (Å²) in [5.74, 6) is -0.528. The van der Waals surface area contributed by atoms with Gasteiger partial charge in [-0.1, -0.05) is 30.3 Å². The van der Waals surface area contributed by atoms with Crippen LogP contribution in [0.2, 0.25) is 0 Å². The summed E-state index contributed by atoms with van der Waals surface area (Å²) < 4.78 is 10.7. The molecule has 158 valence electrons. The highest BCUT2D eigenvalue weighted by Gasteiger charge is 2.11. The van der Waals surface area contributed by atoms with E-state index in [1.54, 1.807) is 55.6 Å². The molecule has 0 fully saturated rings.